The third-order valence-corrected chi connectivity index (χ3v) is 4.47. The molecule has 1 atom stereocenters. The first kappa shape index (κ1) is 17.2. The third-order valence-electron chi connectivity index (χ3n) is 3.65. The molecule has 0 aliphatic carbocycles. The van der Waals surface area contributed by atoms with Crippen LogP contribution in [0.5, 0.6) is 0 Å². The van der Waals surface area contributed by atoms with E-state index in [0.717, 1.165) is 0 Å². The number of benzene rings is 2. The van der Waals surface area contributed by atoms with Gasteiger partial charge in [0.2, 0.25) is 0 Å². The van der Waals surface area contributed by atoms with Crippen molar-refractivity contribution in [2.75, 3.05) is 7.05 Å². The molecule has 2 aromatic carbocycles. The van der Waals surface area contributed by atoms with Gasteiger partial charge >= 0.3 is 0 Å². The Kier molecular flexibility index (Phi) is 5.23. The lowest BCUT2D eigenvalue weighted by molar-refractivity contribution is -0.384. The lowest BCUT2D eigenvalue weighted by Gasteiger charge is -2.25. The van der Waals surface area contributed by atoms with Crippen LogP contribution < -0.4 is 0 Å². The Balaban J connectivity index is 2.30. The van der Waals surface area contributed by atoms with Crippen LogP contribution in [0.25, 0.3) is 0 Å². The average molecular weight is 353 g/mol. The van der Waals surface area contributed by atoms with Gasteiger partial charge in [-0.05, 0) is 24.6 Å². The molecule has 2 aromatic rings. The molecule has 1 unspecified atom stereocenters. The molecule has 0 saturated heterocycles. The van der Waals surface area contributed by atoms with E-state index in [9.17, 15) is 14.9 Å². The molecule has 5 nitrogen and oxygen atoms in total. The molecular weight excluding hydrogens is 339 g/mol. The number of non-ortho nitro benzene ring substituents is 1. The Bertz CT molecular complexity index is 765. The zero-order valence-electron chi connectivity index (χ0n) is 12.5. The number of carbonyl (C=O) groups excluding carboxylic acids is 1. The maximum absolute atomic E-state index is 12.6. The second-order valence-electron chi connectivity index (χ2n) is 5.05. The molecule has 23 heavy (non-hydrogen) atoms. The number of rotatable bonds is 4. The molecular formula is C16H14Cl2N2O3. The summed E-state index contributed by atoms with van der Waals surface area (Å²) in [6.45, 7) is 1.79. The zero-order chi connectivity index (χ0) is 17.1. The van der Waals surface area contributed by atoms with Gasteiger partial charge in [0, 0.05) is 19.2 Å². The molecule has 1 amide bonds. The van der Waals surface area contributed by atoms with Crippen molar-refractivity contribution >= 4 is 34.8 Å². The normalized spacial score (nSPS) is 11.8. The minimum absolute atomic E-state index is 0.0176. The molecule has 0 aromatic heterocycles. The van der Waals surface area contributed by atoms with Gasteiger partial charge in [-0.25, -0.2) is 0 Å². The first-order chi connectivity index (χ1) is 10.8. The fourth-order valence-electron chi connectivity index (χ4n) is 2.16. The van der Waals surface area contributed by atoms with Gasteiger partial charge in [0.1, 0.15) is 0 Å². The Morgan fingerprint density at radius 3 is 2.52 bits per heavy atom. The topological polar surface area (TPSA) is 63.5 Å². The van der Waals surface area contributed by atoms with Crippen LogP contribution in [0.1, 0.15) is 28.9 Å². The molecule has 0 N–H and O–H groups in total. The van der Waals surface area contributed by atoms with Gasteiger partial charge in [0.05, 0.1) is 26.6 Å². The van der Waals surface area contributed by atoms with E-state index in [1.165, 1.54) is 17.0 Å². The number of hydrogen-bond acceptors (Lipinski definition) is 3. The highest BCUT2D eigenvalue weighted by molar-refractivity contribution is 6.43. The molecule has 0 aliphatic heterocycles. The van der Waals surface area contributed by atoms with Gasteiger partial charge in [0.25, 0.3) is 11.6 Å². The van der Waals surface area contributed by atoms with E-state index in [1.807, 2.05) is 0 Å². The minimum atomic E-state index is -0.466. The van der Waals surface area contributed by atoms with Gasteiger partial charge in [-0.15, -0.1) is 0 Å². The summed E-state index contributed by atoms with van der Waals surface area (Å²) >= 11 is 12.0. The molecule has 0 fully saturated rings. The van der Waals surface area contributed by atoms with Crippen LogP contribution >= 0.6 is 23.2 Å². The highest BCUT2D eigenvalue weighted by Gasteiger charge is 2.22. The molecule has 0 heterocycles. The Labute approximate surface area is 143 Å². The van der Waals surface area contributed by atoms with E-state index in [4.69, 9.17) is 23.2 Å². The van der Waals surface area contributed by atoms with Gasteiger partial charge in [-0.3, -0.25) is 14.9 Å². The van der Waals surface area contributed by atoms with Crippen LogP contribution in [-0.2, 0) is 0 Å². The quantitative estimate of drug-likeness (QED) is 0.589. The second-order valence-corrected chi connectivity index (χ2v) is 5.83. The average Bonchev–Trinajstić information content (AvgIpc) is 2.55. The Morgan fingerprint density at radius 1 is 1.22 bits per heavy atom. The van der Waals surface area contributed by atoms with Crippen molar-refractivity contribution in [3.8, 4) is 0 Å². The smallest absolute Gasteiger partial charge is 0.269 e. The highest BCUT2D eigenvalue weighted by atomic mass is 35.5. The number of carbonyl (C=O) groups is 1. The molecule has 0 radical (unpaired) electrons. The number of nitro benzene ring substituents is 1. The first-order valence-electron chi connectivity index (χ1n) is 6.78. The maximum atomic E-state index is 12.6. The van der Waals surface area contributed by atoms with Crippen molar-refractivity contribution in [1.82, 2.24) is 4.90 Å². The fourth-order valence-corrected chi connectivity index (χ4v) is 2.54. The molecule has 0 aliphatic rings. The SMILES string of the molecule is CC(c1cccc([N+](=O)[O-])c1)N(C)C(=O)c1cccc(Cl)c1Cl. The molecule has 0 saturated carbocycles. The summed E-state index contributed by atoms with van der Waals surface area (Å²) in [5.74, 6) is -0.309. The summed E-state index contributed by atoms with van der Waals surface area (Å²) in [5, 5.41) is 11.4. The van der Waals surface area contributed by atoms with E-state index >= 15 is 0 Å². The van der Waals surface area contributed by atoms with Gasteiger partial charge in [-0.1, -0.05) is 41.4 Å². The molecule has 7 heteroatoms. The lowest BCUT2D eigenvalue weighted by Crippen LogP contribution is -2.30. The van der Waals surface area contributed by atoms with Gasteiger partial charge in [0.15, 0.2) is 0 Å². The fraction of sp³-hybridized carbons (Fsp3) is 0.188. The van der Waals surface area contributed by atoms with E-state index in [-0.39, 0.29) is 22.7 Å². The largest absolute Gasteiger partial charge is 0.335 e. The molecule has 2 rings (SSSR count). The number of hydrogen-bond donors (Lipinski definition) is 0. The summed E-state index contributed by atoms with van der Waals surface area (Å²) in [6, 6.07) is 10.7. The van der Waals surface area contributed by atoms with Crippen molar-refractivity contribution in [2.24, 2.45) is 0 Å². The van der Waals surface area contributed by atoms with E-state index in [0.29, 0.717) is 16.1 Å². The highest BCUT2D eigenvalue weighted by Crippen LogP contribution is 2.29. The van der Waals surface area contributed by atoms with Crippen molar-refractivity contribution in [1.29, 1.82) is 0 Å². The third kappa shape index (κ3) is 3.63. The van der Waals surface area contributed by atoms with Gasteiger partial charge < -0.3 is 4.90 Å². The van der Waals surface area contributed by atoms with Crippen LogP contribution in [0.3, 0.4) is 0 Å². The van der Waals surface area contributed by atoms with Crippen LogP contribution in [0.4, 0.5) is 5.69 Å². The van der Waals surface area contributed by atoms with E-state index in [1.54, 1.807) is 44.3 Å². The maximum Gasteiger partial charge on any atom is 0.269 e. The molecule has 120 valence electrons. The van der Waals surface area contributed by atoms with Gasteiger partial charge in [-0.2, -0.15) is 0 Å². The van der Waals surface area contributed by atoms with Crippen LogP contribution in [-0.4, -0.2) is 22.8 Å². The summed E-state index contributed by atoms with van der Waals surface area (Å²) in [6.07, 6.45) is 0. The van der Waals surface area contributed by atoms with Crippen molar-refractivity contribution in [3.05, 3.63) is 73.8 Å². The van der Waals surface area contributed by atoms with Crippen molar-refractivity contribution < 1.29 is 9.72 Å². The summed E-state index contributed by atoms with van der Waals surface area (Å²) in [7, 11) is 1.61. The van der Waals surface area contributed by atoms with Crippen molar-refractivity contribution in [3.63, 3.8) is 0 Å². The summed E-state index contributed by atoms with van der Waals surface area (Å²) in [5.41, 5.74) is 0.933. The summed E-state index contributed by atoms with van der Waals surface area (Å²) in [4.78, 5) is 24.5. The monoisotopic (exact) mass is 352 g/mol. The predicted octanol–water partition coefficient (Wildman–Crippen LogP) is 4.73. The van der Waals surface area contributed by atoms with E-state index < -0.39 is 4.92 Å². The first-order valence-corrected chi connectivity index (χ1v) is 7.54. The molecule has 0 spiro atoms. The van der Waals surface area contributed by atoms with Crippen LogP contribution in [0.2, 0.25) is 10.0 Å². The summed E-state index contributed by atoms with van der Waals surface area (Å²) < 4.78 is 0. The van der Waals surface area contributed by atoms with Crippen LogP contribution in [0, 0.1) is 10.1 Å². The lowest BCUT2D eigenvalue weighted by atomic mass is 10.1. The number of amides is 1. The standard InChI is InChI=1S/C16H14Cl2N2O3/c1-10(11-5-3-6-12(9-11)20(22)23)19(2)16(21)13-7-4-8-14(17)15(13)18/h3-10H,1-2H3. The predicted molar refractivity (Wildman–Crippen MR) is 90.1 cm³/mol. The number of halogens is 2. The molecule has 0 bridgehead atoms. The van der Waals surface area contributed by atoms with E-state index in [2.05, 4.69) is 0 Å². The minimum Gasteiger partial charge on any atom is -0.335 e. The van der Waals surface area contributed by atoms with Crippen LogP contribution in [0.15, 0.2) is 42.5 Å². The second kappa shape index (κ2) is 6.98. The number of nitrogens with zero attached hydrogens (tertiary/aromatic N) is 2. The van der Waals surface area contributed by atoms with Crippen molar-refractivity contribution in [2.45, 2.75) is 13.0 Å². The Hall–Kier alpha value is -2.11. The number of nitro groups is 1. The zero-order valence-corrected chi connectivity index (χ0v) is 14.0. The Morgan fingerprint density at radius 2 is 1.87 bits per heavy atom.